The number of carbonyl (C=O) groups is 1. The molecule has 0 radical (unpaired) electrons. The van der Waals surface area contributed by atoms with Crippen LogP contribution < -0.4 is 20.1 Å². The number of alkyl halides is 3. The molecule has 3 aromatic rings. The minimum atomic E-state index is -4.52. The summed E-state index contributed by atoms with van der Waals surface area (Å²) in [4.78, 5) is 12.6. The highest BCUT2D eigenvalue weighted by Crippen LogP contribution is 2.43. The zero-order chi connectivity index (χ0) is 23.6. The van der Waals surface area contributed by atoms with Crippen LogP contribution in [0.3, 0.4) is 0 Å². The van der Waals surface area contributed by atoms with Crippen molar-refractivity contribution < 1.29 is 27.4 Å². The molecule has 2 N–H and O–H groups in total. The summed E-state index contributed by atoms with van der Waals surface area (Å²) < 4.78 is 52.6. The van der Waals surface area contributed by atoms with Crippen molar-refractivity contribution in [2.45, 2.75) is 31.2 Å². The molecule has 4 rings (SSSR count). The van der Waals surface area contributed by atoms with E-state index >= 15 is 0 Å². The highest BCUT2D eigenvalue weighted by molar-refractivity contribution is 5.93. The van der Waals surface area contributed by atoms with Crippen molar-refractivity contribution in [3.05, 3.63) is 71.4 Å². The summed E-state index contributed by atoms with van der Waals surface area (Å²) >= 11 is 0. The smallest absolute Gasteiger partial charge is 0.410 e. The largest absolute Gasteiger partial charge is 0.497 e. The van der Waals surface area contributed by atoms with E-state index < -0.39 is 24.2 Å². The van der Waals surface area contributed by atoms with Gasteiger partial charge in [0.2, 0.25) is 0 Å². The Balaban J connectivity index is 1.53. The first-order valence-corrected chi connectivity index (χ1v) is 10.3. The molecular formula is C23H23F3N4O3. The van der Waals surface area contributed by atoms with Gasteiger partial charge in [0.1, 0.15) is 17.3 Å². The van der Waals surface area contributed by atoms with E-state index in [4.69, 9.17) is 9.47 Å². The molecule has 33 heavy (non-hydrogen) atoms. The van der Waals surface area contributed by atoms with Crippen LogP contribution in [-0.4, -0.2) is 36.1 Å². The summed E-state index contributed by atoms with van der Waals surface area (Å²) in [6.07, 6.45) is -4.78. The topological polar surface area (TPSA) is 77.4 Å². The van der Waals surface area contributed by atoms with Crippen molar-refractivity contribution in [1.29, 1.82) is 0 Å². The van der Waals surface area contributed by atoms with E-state index in [0.29, 0.717) is 17.1 Å². The molecular weight excluding hydrogens is 437 g/mol. The maximum Gasteiger partial charge on any atom is 0.410 e. The van der Waals surface area contributed by atoms with E-state index in [0.717, 1.165) is 10.2 Å². The van der Waals surface area contributed by atoms with Crippen LogP contribution in [-0.2, 0) is 6.54 Å². The molecule has 7 nitrogen and oxygen atoms in total. The van der Waals surface area contributed by atoms with Gasteiger partial charge in [-0.1, -0.05) is 24.3 Å². The van der Waals surface area contributed by atoms with Crippen LogP contribution in [0.1, 0.15) is 40.1 Å². The number of methoxy groups -OCH3 is 2. The predicted octanol–water partition coefficient (Wildman–Crippen LogP) is 4.49. The third kappa shape index (κ3) is 4.89. The first-order valence-electron chi connectivity index (χ1n) is 10.3. The normalized spacial score (nSPS) is 17.6. The van der Waals surface area contributed by atoms with Crippen LogP contribution in [0.4, 0.5) is 19.0 Å². The van der Waals surface area contributed by atoms with E-state index in [9.17, 15) is 18.0 Å². The Kier molecular flexibility index (Phi) is 6.17. The number of halogens is 3. The lowest BCUT2D eigenvalue weighted by Crippen LogP contribution is -2.35. The van der Waals surface area contributed by atoms with Gasteiger partial charge in [0.25, 0.3) is 5.91 Å². The number of benzene rings is 2. The molecule has 1 aromatic heterocycles. The van der Waals surface area contributed by atoms with Crippen LogP contribution in [0.25, 0.3) is 0 Å². The molecule has 0 unspecified atom stereocenters. The Hall–Kier alpha value is -3.69. The third-order valence-corrected chi connectivity index (χ3v) is 5.55. The minimum Gasteiger partial charge on any atom is -0.497 e. The lowest BCUT2D eigenvalue weighted by Gasteiger charge is -2.33. The molecule has 10 heteroatoms. The van der Waals surface area contributed by atoms with Gasteiger partial charge in [-0.05, 0) is 35.4 Å². The van der Waals surface area contributed by atoms with Crippen LogP contribution in [0.5, 0.6) is 11.5 Å². The SMILES string of the molecule is COc1ccc(CNC(=O)c2cc3n(n2)[C@H](C(F)(F)F)C[C@@H](c2ccc(OC)cc2)N3)cc1. The molecule has 0 saturated carbocycles. The molecule has 0 fully saturated rings. The lowest BCUT2D eigenvalue weighted by atomic mass is 9.97. The molecule has 0 bridgehead atoms. The fourth-order valence-corrected chi connectivity index (χ4v) is 3.76. The Labute approximate surface area is 188 Å². The Morgan fingerprint density at radius 3 is 2.27 bits per heavy atom. The van der Waals surface area contributed by atoms with E-state index in [1.54, 1.807) is 55.6 Å². The summed E-state index contributed by atoms with van der Waals surface area (Å²) in [6.45, 7) is 0.204. The quantitative estimate of drug-likeness (QED) is 0.567. The van der Waals surface area contributed by atoms with Gasteiger partial charge in [-0.2, -0.15) is 18.3 Å². The standard InChI is InChI=1S/C23H23F3N4O3/c1-32-16-7-3-14(4-8-16)13-27-22(31)19-12-21-28-18(15-5-9-17(33-2)10-6-15)11-20(23(24,25)26)30(21)29-19/h3-10,12,18,20,28H,11,13H2,1-2H3,(H,27,31)/t18-,20-/m0/s1. The minimum absolute atomic E-state index is 0.0874. The van der Waals surface area contributed by atoms with E-state index in [-0.39, 0.29) is 24.5 Å². The van der Waals surface area contributed by atoms with Gasteiger partial charge in [-0.25, -0.2) is 4.68 Å². The van der Waals surface area contributed by atoms with Crippen molar-refractivity contribution >= 4 is 11.7 Å². The number of hydrogen-bond donors (Lipinski definition) is 2. The van der Waals surface area contributed by atoms with Crippen LogP contribution >= 0.6 is 0 Å². The summed E-state index contributed by atoms with van der Waals surface area (Å²) in [6, 6.07) is 12.8. The van der Waals surface area contributed by atoms with E-state index in [2.05, 4.69) is 15.7 Å². The number of anilines is 1. The molecule has 2 atom stereocenters. The van der Waals surface area contributed by atoms with Crippen LogP contribution in [0, 0.1) is 0 Å². The second-order valence-corrected chi connectivity index (χ2v) is 7.65. The fourth-order valence-electron chi connectivity index (χ4n) is 3.76. The van der Waals surface area contributed by atoms with Gasteiger partial charge in [-0.15, -0.1) is 0 Å². The van der Waals surface area contributed by atoms with E-state index in [1.807, 2.05) is 0 Å². The number of carbonyl (C=O) groups excluding carboxylic acids is 1. The maximum absolute atomic E-state index is 13.8. The Bertz CT molecular complexity index is 1110. The number of hydrogen-bond acceptors (Lipinski definition) is 5. The number of aromatic nitrogens is 2. The summed E-state index contributed by atoms with van der Waals surface area (Å²) in [5, 5.41) is 9.75. The molecule has 0 saturated heterocycles. The molecule has 1 aliphatic rings. The zero-order valence-corrected chi connectivity index (χ0v) is 18.0. The Morgan fingerprint density at radius 2 is 1.70 bits per heavy atom. The van der Waals surface area contributed by atoms with Gasteiger partial charge >= 0.3 is 6.18 Å². The van der Waals surface area contributed by atoms with Crippen molar-refractivity contribution in [1.82, 2.24) is 15.1 Å². The zero-order valence-electron chi connectivity index (χ0n) is 18.0. The highest BCUT2D eigenvalue weighted by atomic mass is 19.4. The second-order valence-electron chi connectivity index (χ2n) is 7.65. The van der Waals surface area contributed by atoms with Gasteiger partial charge in [0.05, 0.1) is 20.3 Å². The molecule has 1 amide bonds. The van der Waals surface area contributed by atoms with Crippen molar-refractivity contribution in [2.75, 3.05) is 19.5 Å². The summed E-state index contributed by atoms with van der Waals surface area (Å²) in [7, 11) is 3.08. The van der Waals surface area contributed by atoms with E-state index in [1.165, 1.54) is 13.2 Å². The number of fused-ring (bicyclic) bond motifs is 1. The number of nitrogens with one attached hydrogen (secondary N) is 2. The average Bonchev–Trinajstić information content (AvgIpc) is 3.26. The Morgan fingerprint density at radius 1 is 1.09 bits per heavy atom. The summed E-state index contributed by atoms with van der Waals surface area (Å²) in [5.74, 6) is 0.876. The number of amides is 1. The van der Waals surface area contributed by atoms with Gasteiger partial charge in [0.15, 0.2) is 11.7 Å². The number of ether oxygens (including phenoxy) is 2. The van der Waals surface area contributed by atoms with Crippen molar-refractivity contribution in [2.24, 2.45) is 0 Å². The molecule has 174 valence electrons. The van der Waals surface area contributed by atoms with Crippen molar-refractivity contribution in [3.8, 4) is 11.5 Å². The molecule has 0 aliphatic carbocycles. The second kappa shape index (κ2) is 9.05. The van der Waals surface area contributed by atoms with Crippen molar-refractivity contribution in [3.63, 3.8) is 0 Å². The molecule has 2 heterocycles. The number of nitrogens with zero attached hydrogens (tertiary/aromatic N) is 2. The van der Waals surface area contributed by atoms with Crippen LogP contribution in [0.2, 0.25) is 0 Å². The van der Waals surface area contributed by atoms with Crippen LogP contribution in [0.15, 0.2) is 54.6 Å². The van der Waals surface area contributed by atoms with Gasteiger partial charge in [0, 0.05) is 19.0 Å². The highest BCUT2D eigenvalue weighted by Gasteiger charge is 2.46. The monoisotopic (exact) mass is 460 g/mol. The van der Waals surface area contributed by atoms with Gasteiger partial charge < -0.3 is 20.1 Å². The molecule has 0 spiro atoms. The molecule has 2 aromatic carbocycles. The average molecular weight is 460 g/mol. The predicted molar refractivity (Wildman–Crippen MR) is 115 cm³/mol. The molecule has 1 aliphatic heterocycles. The fraction of sp³-hybridized carbons (Fsp3) is 0.304. The lowest BCUT2D eigenvalue weighted by molar-refractivity contribution is -0.173. The first-order chi connectivity index (χ1) is 15.8. The number of rotatable bonds is 6. The van der Waals surface area contributed by atoms with Gasteiger partial charge in [-0.3, -0.25) is 4.79 Å². The third-order valence-electron chi connectivity index (χ3n) is 5.55. The first kappa shape index (κ1) is 22.5. The maximum atomic E-state index is 13.8. The summed E-state index contributed by atoms with van der Waals surface area (Å²) in [5.41, 5.74) is 1.41.